The predicted octanol–water partition coefficient (Wildman–Crippen LogP) is 3.42. The molecule has 3 aromatic rings. The van der Waals surface area contributed by atoms with Gasteiger partial charge in [0, 0.05) is 18.8 Å². The van der Waals surface area contributed by atoms with Crippen LogP contribution in [-0.2, 0) is 7.05 Å². The molecule has 5 heteroatoms. The molecule has 1 aromatic carbocycles. The van der Waals surface area contributed by atoms with Gasteiger partial charge in [0.2, 0.25) is 0 Å². The summed E-state index contributed by atoms with van der Waals surface area (Å²) in [6.45, 7) is 2.60. The van der Waals surface area contributed by atoms with Crippen molar-refractivity contribution < 1.29 is 4.74 Å². The van der Waals surface area contributed by atoms with E-state index in [4.69, 9.17) is 10.00 Å². The van der Waals surface area contributed by atoms with Crippen molar-refractivity contribution in [1.82, 2.24) is 14.5 Å². The van der Waals surface area contributed by atoms with Gasteiger partial charge in [-0.25, -0.2) is 4.98 Å². The highest BCUT2D eigenvalue weighted by atomic mass is 16.5. The average molecular weight is 304 g/mol. The van der Waals surface area contributed by atoms with E-state index in [9.17, 15) is 0 Å². The van der Waals surface area contributed by atoms with E-state index < -0.39 is 0 Å². The average Bonchev–Trinajstić information content (AvgIpc) is 2.97. The first-order valence-corrected chi connectivity index (χ1v) is 7.34. The lowest BCUT2D eigenvalue weighted by Gasteiger charge is -2.08. The molecule has 5 nitrogen and oxygen atoms in total. The number of benzene rings is 1. The zero-order valence-electron chi connectivity index (χ0n) is 13.0. The van der Waals surface area contributed by atoms with Crippen LogP contribution in [-0.4, -0.2) is 21.1 Å². The summed E-state index contributed by atoms with van der Waals surface area (Å²) in [5.74, 6) is 0.838. The Morgan fingerprint density at radius 3 is 2.65 bits per heavy atom. The Balaban J connectivity index is 2.06. The number of ether oxygens (including phenoxy) is 1. The summed E-state index contributed by atoms with van der Waals surface area (Å²) in [6.07, 6.45) is 3.38. The van der Waals surface area contributed by atoms with Gasteiger partial charge in [0.05, 0.1) is 36.0 Å². The molecule has 0 aliphatic heterocycles. The molecule has 3 rings (SSSR count). The third-order valence-electron chi connectivity index (χ3n) is 3.51. The first-order valence-electron chi connectivity index (χ1n) is 7.34. The predicted molar refractivity (Wildman–Crippen MR) is 87.8 cm³/mol. The molecular formula is C18H16N4O. The van der Waals surface area contributed by atoms with E-state index >= 15 is 0 Å². The van der Waals surface area contributed by atoms with Crippen LogP contribution in [0.1, 0.15) is 12.5 Å². The second-order valence-electron chi connectivity index (χ2n) is 5.05. The molecule has 0 bridgehead atoms. The first kappa shape index (κ1) is 14.8. The number of imidazole rings is 1. The topological polar surface area (TPSA) is 63.7 Å². The summed E-state index contributed by atoms with van der Waals surface area (Å²) in [5.41, 5.74) is 3.99. The second-order valence-corrected chi connectivity index (χ2v) is 5.05. The van der Waals surface area contributed by atoms with Crippen molar-refractivity contribution in [2.45, 2.75) is 6.92 Å². The fourth-order valence-corrected chi connectivity index (χ4v) is 2.46. The maximum Gasteiger partial charge on any atom is 0.119 e. The summed E-state index contributed by atoms with van der Waals surface area (Å²) in [7, 11) is 1.94. The molecule has 0 N–H and O–H groups in total. The van der Waals surface area contributed by atoms with Gasteiger partial charge in [-0.05, 0) is 43.3 Å². The summed E-state index contributed by atoms with van der Waals surface area (Å²) in [4.78, 5) is 8.81. The minimum absolute atomic E-state index is 0.568. The normalized spacial score (nSPS) is 10.3. The minimum atomic E-state index is 0.568. The lowest BCUT2D eigenvalue weighted by Crippen LogP contribution is -1.94. The molecule has 0 spiro atoms. The van der Waals surface area contributed by atoms with Gasteiger partial charge in [0.1, 0.15) is 11.4 Å². The number of aromatic nitrogens is 3. The molecule has 0 saturated heterocycles. The number of hydrogen-bond donors (Lipinski definition) is 0. The van der Waals surface area contributed by atoms with Crippen LogP contribution in [0.3, 0.4) is 0 Å². The van der Waals surface area contributed by atoms with E-state index in [2.05, 4.69) is 16.0 Å². The standard InChI is InChI=1S/C18H16N4O/c1-3-23-15-6-4-14(5-7-15)18-17(21-12-22(18)2)16-10-13(11-19)8-9-20-16/h4-10,12H,3H2,1-2H3. The molecule has 0 fully saturated rings. The van der Waals surface area contributed by atoms with Gasteiger partial charge in [-0.15, -0.1) is 0 Å². The summed E-state index contributed by atoms with van der Waals surface area (Å²) in [6, 6.07) is 13.4. The fraction of sp³-hybridized carbons (Fsp3) is 0.167. The van der Waals surface area contributed by atoms with Crippen molar-refractivity contribution in [3.8, 4) is 34.5 Å². The van der Waals surface area contributed by atoms with Crippen molar-refractivity contribution in [2.24, 2.45) is 7.05 Å². The molecule has 0 aliphatic rings. The van der Waals surface area contributed by atoms with E-state index in [0.29, 0.717) is 17.9 Å². The third kappa shape index (κ3) is 2.92. The van der Waals surface area contributed by atoms with Crippen LogP contribution in [0.4, 0.5) is 0 Å². The highest BCUT2D eigenvalue weighted by Crippen LogP contribution is 2.30. The molecule has 0 saturated carbocycles. The van der Waals surface area contributed by atoms with Crippen LogP contribution >= 0.6 is 0 Å². The van der Waals surface area contributed by atoms with Crippen LogP contribution in [0.15, 0.2) is 48.9 Å². The molecule has 0 radical (unpaired) electrons. The quantitative estimate of drug-likeness (QED) is 0.741. The Morgan fingerprint density at radius 2 is 1.96 bits per heavy atom. The van der Waals surface area contributed by atoms with E-state index in [-0.39, 0.29) is 0 Å². The monoisotopic (exact) mass is 304 g/mol. The zero-order chi connectivity index (χ0) is 16.2. The molecule has 0 unspecified atom stereocenters. The zero-order valence-corrected chi connectivity index (χ0v) is 13.0. The van der Waals surface area contributed by atoms with Crippen molar-refractivity contribution >= 4 is 0 Å². The van der Waals surface area contributed by atoms with Gasteiger partial charge < -0.3 is 9.30 Å². The molecule has 23 heavy (non-hydrogen) atoms. The Labute approximate surface area is 134 Å². The van der Waals surface area contributed by atoms with Crippen LogP contribution in [0.2, 0.25) is 0 Å². The minimum Gasteiger partial charge on any atom is -0.494 e. The van der Waals surface area contributed by atoms with E-state index in [0.717, 1.165) is 22.7 Å². The maximum atomic E-state index is 9.06. The highest BCUT2D eigenvalue weighted by molar-refractivity contribution is 5.77. The lowest BCUT2D eigenvalue weighted by atomic mass is 10.1. The lowest BCUT2D eigenvalue weighted by molar-refractivity contribution is 0.340. The molecule has 114 valence electrons. The smallest absolute Gasteiger partial charge is 0.119 e. The SMILES string of the molecule is CCOc1ccc(-c2c(-c3cc(C#N)ccn3)ncn2C)cc1. The van der Waals surface area contributed by atoms with Gasteiger partial charge in [-0.2, -0.15) is 5.26 Å². The van der Waals surface area contributed by atoms with Gasteiger partial charge in [0.25, 0.3) is 0 Å². The van der Waals surface area contributed by atoms with Crippen LogP contribution in [0.25, 0.3) is 22.6 Å². The number of hydrogen-bond acceptors (Lipinski definition) is 4. The molecular weight excluding hydrogens is 288 g/mol. The number of nitriles is 1. The van der Waals surface area contributed by atoms with Gasteiger partial charge in [0.15, 0.2) is 0 Å². The van der Waals surface area contributed by atoms with Gasteiger partial charge >= 0.3 is 0 Å². The summed E-state index contributed by atoms with van der Waals surface area (Å²) in [5, 5.41) is 9.06. The molecule has 2 heterocycles. The second kappa shape index (κ2) is 6.32. The molecule has 0 amide bonds. The molecule has 0 atom stereocenters. The maximum absolute atomic E-state index is 9.06. The number of rotatable bonds is 4. The van der Waals surface area contributed by atoms with E-state index in [1.165, 1.54) is 0 Å². The number of nitrogens with zero attached hydrogens (tertiary/aromatic N) is 4. The molecule has 0 aliphatic carbocycles. The first-order chi connectivity index (χ1) is 11.2. The van der Waals surface area contributed by atoms with Crippen molar-refractivity contribution in [3.05, 3.63) is 54.5 Å². The Hall–Kier alpha value is -3.13. The third-order valence-corrected chi connectivity index (χ3v) is 3.51. The van der Waals surface area contributed by atoms with Gasteiger partial charge in [-0.3, -0.25) is 4.98 Å². The van der Waals surface area contributed by atoms with E-state index in [1.54, 1.807) is 24.7 Å². The van der Waals surface area contributed by atoms with E-state index in [1.807, 2.05) is 42.8 Å². The Bertz CT molecular complexity index is 859. The summed E-state index contributed by atoms with van der Waals surface area (Å²) < 4.78 is 7.43. The van der Waals surface area contributed by atoms with Crippen LogP contribution in [0, 0.1) is 11.3 Å². The van der Waals surface area contributed by atoms with Crippen LogP contribution in [0.5, 0.6) is 5.75 Å². The summed E-state index contributed by atoms with van der Waals surface area (Å²) >= 11 is 0. The molecule has 2 aromatic heterocycles. The highest BCUT2D eigenvalue weighted by Gasteiger charge is 2.14. The Morgan fingerprint density at radius 1 is 1.17 bits per heavy atom. The van der Waals surface area contributed by atoms with Crippen molar-refractivity contribution in [2.75, 3.05) is 6.61 Å². The largest absolute Gasteiger partial charge is 0.494 e. The Kier molecular flexibility index (Phi) is 4.07. The van der Waals surface area contributed by atoms with Gasteiger partial charge in [-0.1, -0.05) is 0 Å². The van der Waals surface area contributed by atoms with Crippen LogP contribution < -0.4 is 4.74 Å². The van der Waals surface area contributed by atoms with Crippen molar-refractivity contribution in [3.63, 3.8) is 0 Å². The van der Waals surface area contributed by atoms with Crippen molar-refractivity contribution in [1.29, 1.82) is 5.26 Å². The fourth-order valence-electron chi connectivity index (χ4n) is 2.46. The number of aryl methyl sites for hydroxylation is 1. The number of pyridine rings is 1.